The molecule has 0 fully saturated rings. The van der Waals surface area contributed by atoms with Crippen molar-refractivity contribution >= 4 is 29.0 Å². The van der Waals surface area contributed by atoms with Crippen molar-refractivity contribution in [2.45, 2.75) is 6.92 Å². The summed E-state index contributed by atoms with van der Waals surface area (Å²) in [6.45, 7) is 1.46. The lowest BCUT2D eigenvalue weighted by atomic mass is 9.98. The molecule has 2 aromatic carbocycles. The van der Waals surface area contributed by atoms with Gasteiger partial charge in [0.05, 0.1) is 5.02 Å². The van der Waals surface area contributed by atoms with Crippen LogP contribution in [0.2, 0.25) is 5.02 Å². The fraction of sp³-hybridized carbons (Fsp3) is 0.0526. The number of carbonyl (C=O) groups excluding carboxylic acids is 2. The number of rotatable bonds is 4. The number of carbonyl (C=O) groups is 2. The van der Waals surface area contributed by atoms with Crippen LogP contribution in [0.15, 0.2) is 60.9 Å². The first-order valence-corrected chi connectivity index (χ1v) is 7.78. The number of ketones is 1. The molecule has 3 aromatic rings. The molecule has 0 saturated carbocycles. The van der Waals surface area contributed by atoms with E-state index in [1.807, 2.05) is 12.1 Å². The minimum atomic E-state index is -0.136. The quantitative estimate of drug-likeness (QED) is 0.687. The average molecular weight is 339 g/mol. The Balaban J connectivity index is 1.95. The van der Waals surface area contributed by atoms with E-state index in [0.29, 0.717) is 21.8 Å². The molecule has 0 bridgehead atoms. The summed E-state index contributed by atoms with van der Waals surface area (Å²) < 4.78 is 0. The maximum Gasteiger partial charge on any atom is 0.221 e. The fourth-order valence-corrected chi connectivity index (χ4v) is 2.74. The van der Waals surface area contributed by atoms with E-state index in [-0.39, 0.29) is 11.7 Å². The summed E-state index contributed by atoms with van der Waals surface area (Å²) in [7, 11) is 0. The molecule has 0 radical (unpaired) electrons. The highest BCUT2D eigenvalue weighted by atomic mass is 35.5. The highest BCUT2D eigenvalue weighted by molar-refractivity contribution is 6.35. The maximum atomic E-state index is 12.8. The minimum absolute atomic E-state index is 0.126. The molecule has 0 unspecified atom stereocenters. The second-order valence-corrected chi connectivity index (χ2v) is 5.76. The second kappa shape index (κ2) is 6.72. The zero-order valence-corrected chi connectivity index (χ0v) is 13.7. The van der Waals surface area contributed by atoms with Crippen LogP contribution >= 0.6 is 11.6 Å². The Morgan fingerprint density at radius 1 is 0.958 bits per heavy atom. The molecule has 24 heavy (non-hydrogen) atoms. The molecule has 1 aromatic heterocycles. The summed E-state index contributed by atoms with van der Waals surface area (Å²) in [5.41, 5.74) is 3.39. The third-order valence-electron chi connectivity index (χ3n) is 3.62. The number of aromatic nitrogens is 1. The predicted molar refractivity (Wildman–Crippen MR) is 95.4 cm³/mol. The molecule has 4 nitrogen and oxygen atoms in total. The Morgan fingerprint density at radius 3 is 2.33 bits per heavy atom. The second-order valence-electron chi connectivity index (χ2n) is 5.35. The van der Waals surface area contributed by atoms with Crippen molar-refractivity contribution in [3.05, 3.63) is 77.1 Å². The number of anilines is 1. The van der Waals surface area contributed by atoms with E-state index in [4.69, 9.17) is 11.6 Å². The van der Waals surface area contributed by atoms with E-state index < -0.39 is 0 Å². The van der Waals surface area contributed by atoms with Crippen molar-refractivity contribution < 1.29 is 9.59 Å². The van der Waals surface area contributed by atoms with E-state index >= 15 is 0 Å². The SMILES string of the molecule is CC(=O)Nc1ccc(-c2c[nH]cc2C(=O)c2ccccc2Cl)cc1. The molecule has 0 atom stereocenters. The van der Waals surface area contributed by atoms with Gasteiger partial charge in [0.2, 0.25) is 5.91 Å². The molecule has 5 heteroatoms. The number of hydrogen-bond acceptors (Lipinski definition) is 2. The first-order valence-electron chi connectivity index (χ1n) is 7.40. The van der Waals surface area contributed by atoms with Gasteiger partial charge in [0.1, 0.15) is 0 Å². The summed E-state index contributed by atoms with van der Waals surface area (Å²) in [5.74, 6) is -0.262. The molecule has 0 aliphatic heterocycles. The van der Waals surface area contributed by atoms with Crippen molar-refractivity contribution in [1.82, 2.24) is 4.98 Å². The van der Waals surface area contributed by atoms with Gasteiger partial charge in [-0.15, -0.1) is 0 Å². The largest absolute Gasteiger partial charge is 0.366 e. The molecule has 1 heterocycles. The zero-order chi connectivity index (χ0) is 17.1. The van der Waals surface area contributed by atoms with Gasteiger partial charge < -0.3 is 10.3 Å². The smallest absolute Gasteiger partial charge is 0.221 e. The number of benzene rings is 2. The number of hydrogen-bond donors (Lipinski definition) is 2. The lowest BCUT2D eigenvalue weighted by molar-refractivity contribution is -0.114. The van der Waals surface area contributed by atoms with E-state index in [9.17, 15) is 9.59 Å². The normalized spacial score (nSPS) is 10.4. The lowest BCUT2D eigenvalue weighted by Gasteiger charge is -2.07. The molecular formula is C19H15ClN2O2. The Morgan fingerprint density at radius 2 is 1.67 bits per heavy atom. The van der Waals surface area contributed by atoms with Crippen molar-refractivity contribution in [2.24, 2.45) is 0 Å². The van der Waals surface area contributed by atoms with Crippen LogP contribution in [0.25, 0.3) is 11.1 Å². The van der Waals surface area contributed by atoms with Crippen molar-refractivity contribution in [2.75, 3.05) is 5.32 Å². The van der Waals surface area contributed by atoms with Crippen LogP contribution in [0.1, 0.15) is 22.8 Å². The van der Waals surface area contributed by atoms with Crippen LogP contribution in [0.3, 0.4) is 0 Å². The van der Waals surface area contributed by atoms with E-state index in [0.717, 1.165) is 11.1 Å². The highest BCUT2D eigenvalue weighted by Gasteiger charge is 2.17. The summed E-state index contributed by atoms with van der Waals surface area (Å²) in [5, 5.41) is 3.14. The molecule has 0 aliphatic carbocycles. The van der Waals surface area contributed by atoms with Gasteiger partial charge in [-0.2, -0.15) is 0 Å². The molecule has 2 N–H and O–H groups in total. The van der Waals surface area contributed by atoms with Gasteiger partial charge in [0.15, 0.2) is 5.78 Å². The third-order valence-corrected chi connectivity index (χ3v) is 3.95. The van der Waals surface area contributed by atoms with E-state index in [2.05, 4.69) is 10.3 Å². The molecule has 0 spiro atoms. The van der Waals surface area contributed by atoms with Crippen LogP contribution in [0.4, 0.5) is 5.69 Å². The molecular weight excluding hydrogens is 324 g/mol. The van der Waals surface area contributed by atoms with Crippen LogP contribution in [-0.4, -0.2) is 16.7 Å². The van der Waals surface area contributed by atoms with Gasteiger partial charge in [-0.05, 0) is 29.8 Å². The summed E-state index contributed by atoms with van der Waals surface area (Å²) >= 11 is 6.13. The number of amides is 1. The van der Waals surface area contributed by atoms with Crippen molar-refractivity contribution in [1.29, 1.82) is 0 Å². The number of halogens is 1. The molecule has 3 rings (SSSR count). The molecule has 0 aliphatic rings. The standard InChI is InChI=1S/C19H15ClN2O2/c1-12(23)22-14-8-6-13(7-9-14)16-10-21-11-17(16)19(24)15-4-2-3-5-18(15)20/h2-11,21H,1H3,(H,22,23). The Bertz CT molecular complexity index is 898. The predicted octanol–water partition coefficient (Wildman–Crippen LogP) is 4.52. The van der Waals surface area contributed by atoms with Gasteiger partial charge in [-0.25, -0.2) is 0 Å². The van der Waals surface area contributed by atoms with Gasteiger partial charge in [0.25, 0.3) is 0 Å². The topological polar surface area (TPSA) is 62.0 Å². The Labute approximate surface area is 144 Å². The van der Waals surface area contributed by atoms with Crippen LogP contribution in [0.5, 0.6) is 0 Å². The zero-order valence-electron chi connectivity index (χ0n) is 13.0. The number of nitrogens with one attached hydrogen (secondary N) is 2. The minimum Gasteiger partial charge on any atom is -0.366 e. The summed E-state index contributed by atoms with van der Waals surface area (Å²) in [6, 6.07) is 14.3. The van der Waals surface area contributed by atoms with Crippen molar-refractivity contribution in [3.8, 4) is 11.1 Å². The van der Waals surface area contributed by atoms with Crippen LogP contribution in [0, 0.1) is 0 Å². The molecule has 120 valence electrons. The van der Waals surface area contributed by atoms with E-state index in [1.165, 1.54) is 6.92 Å². The lowest BCUT2D eigenvalue weighted by Crippen LogP contribution is -2.05. The number of aromatic amines is 1. The van der Waals surface area contributed by atoms with Gasteiger partial charge in [-0.1, -0.05) is 35.9 Å². The van der Waals surface area contributed by atoms with Gasteiger partial charge >= 0.3 is 0 Å². The molecule has 0 saturated heterocycles. The Kier molecular flexibility index (Phi) is 4.49. The van der Waals surface area contributed by atoms with Crippen molar-refractivity contribution in [3.63, 3.8) is 0 Å². The summed E-state index contributed by atoms with van der Waals surface area (Å²) in [4.78, 5) is 26.8. The summed E-state index contributed by atoms with van der Waals surface area (Å²) in [6.07, 6.45) is 3.44. The van der Waals surface area contributed by atoms with Crippen LogP contribution in [-0.2, 0) is 4.79 Å². The third kappa shape index (κ3) is 3.24. The maximum absolute atomic E-state index is 12.8. The first kappa shape index (κ1) is 16.0. The van der Waals surface area contributed by atoms with Crippen LogP contribution < -0.4 is 5.32 Å². The number of H-pyrrole nitrogens is 1. The monoisotopic (exact) mass is 338 g/mol. The van der Waals surface area contributed by atoms with Gasteiger partial charge in [-0.3, -0.25) is 9.59 Å². The van der Waals surface area contributed by atoms with Gasteiger partial charge in [0, 0.05) is 41.7 Å². The first-order chi connectivity index (χ1) is 11.6. The molecule has 1 amide bonds. The Hall–Kier alpha value is -2.85. The highest BCUT2D eigenvalue weighted by Crippen LogP contribution is 2.28. The van der Waals surface area contributed by atoms with E-state index in [1.54, 1.807) is 48.8 Å². The average Bonchev–Trinajstić information content (AvgIpc) is 3.04. The fourth-order valence-electron chi connectivity index (χ4n) is 2.52.